The first kappa shape index (κ1) is 19.5. The Morgan fingerprint density at radius 3 is 2.52 bits per heavy atom. The van der Waals surface area contributed by atoms with E-state index in [1.54, 1.807) is 6.07 Å². The average Bonchev–Trinajstić information content (AvgIpc) is 2.70. The minimum absolute atomic E-state index is 0.0160. The Morgan fingerprint density at radius 1 is 1.14 bits per heavy atom. The van der Waals surface area contributed by atoms with Crippen LogP contribution in [-0.2, 0) is 18.0 Å². The summed E-state index contributed by atoms with van der Waals surface area (Å²) in [5.41, 5.74) is -0.866. The van der Waals surface area contributed by atoms with Gasteiger partial charge in [0.1, 0.15) is 5.82 Å². The molecular weight excluding hydrogens is 390 g/mol. The third-order valence-electron chi connectivity index (χ3n) is 5.15. The van der Waals surface area contributed by atoms with E-state index in [0.717, 1.165) is 16.8 Å². The van der Waals surface area contributed by atoms with Crippen molar-refractivity contribution in [2.75, 3.05) is 13.2 Å². The zero-order chi connectivity index (χ0) is 20.8. The Labute approximate surface area is 162 Å². The van der Waals surface area contributed by atoms with Crippen molar-refractivity contribution >= 4 is 10.8 Å². The minimum Gasteiger partial charge on any atom is -0.381 e. The average molecular weight is 407 g/mol. The number of halogens is 4. The fourth-order valence-electron chi connectivity index (χ4n) is 3.54. The molecule has 3 heterocycles. The topological polar surface area (TPSA) is 57.0 Å². The largest absolute Gasteiger partial charge is 0.416 e. The molecule has 5 nitrogen and oxygen atoms in total. The lowest BCUT2D eigenvalue weighted by Crippen LogP contribution is -2.21. The maximum atomic E-state index is 14.7. The van der Waals surface area contributed by atoms with Crippen LogP contribution >= 0.6 is 0 Å². The maximum absolute atomic E-state index is 14.7. The first-order chi connectivity index (χ1) is 13.8. The highest BCUT2D eigenvalue weighted by atomic mass is 19.4. The summed E-state index contributed by atoms with van der Waals surface area (Å²) in [5, 5.41) is 4.56. The molecule has 1 aromatic carbocycles. The number of aryl methyl sites for hydroxylation is 1. The molecule has 2 aromatic heterocycles. The lowest BCUT2D eigenvalue weighted by atomic mass is 9.93. The van der Waals surface area contributed by atoms with Gasteiger partial charge in [0, 0.05) is 42.8 Å². The van der Waals surface area contributed by atoms with Crippen molar-refractivity contribution in [3.8, 4) is 11.3 Å². The molecule has 0 N–H and O–H groups in total. The second kappa shape index (κ2) is 7.22. The highest BCUT2D eigenvalue weighted by molar-refractivity contribution is 5.94. The third kappa shape index (κ3) is 3.62. The van der Waals surface area contributed by atoms with Gasteiger partial charge >= 0.3 is 6.18 Å². The zero-order valence-corrected chi connectivity index (χ0v) is 15.5. The molecule has 0 atom stereocenters. The molecule has 1 aliphatic rings. The van der Waals surface area contributed by atoms with E-state index in [9.17, 15) is 22.4 Å². The van der Waals surface area contributed by atoms with Gasteiger partial charge in [0.15, 0.2) is 0 Å². The van der Waals surface area contributed by atoms with E-state index in [-0.39, 0.29) is 22.7 Å². The van der Waals surface area contributed by atoms with Gasteiger partial charge < -0.3 is 4.74 Å². The highest BCUT2D eigenvalue weighted by Gasteiger charge is 2.31. The van der Waals surface area contributed by atoms with Crippen LogP contribution in [0.5, 0.6) is 0 Å². The molecule has 1 saturated heterocycles. The molecule has 9 heteroatoms. The summed E-state index contributed by atoms with van der Waals surface area (Å²) in [7, 11) is 1.49. The molecular formula is C20H17F4N3O2. The summed E-state index contributed by atoms with van der Waals surface area (Å²) in [6.45, 7) is 1.09. The van der Waals surface area contributed by atoms with E-state index < -0.39 is 17.6 Å². The van der Waals surface area contributed by atoms with Crippen molar-refractivity contribution in [3.63, 3.8) is 0 Å². The van der Waals surface area contributed by atoms with Crippen LogP contribution < -0.4 is 5.56 Å². The number of aromatic nitrogens is 3. The van der Waals surface area contributed by atoms with E-state index in [2.05, 4.69) is 10.1 Å². The lowest BCUT2D eigenvalue weighted by molar-refractivity contribution is -0.137. The molecule has 1 fully saturated rings. The summed E-state index contributed by atoms with van der Waals surface area (Å²) in [5.74, 6) is -1.04. The first-order valence-corrected chi connectivity index (χ1v) is 9.07. The second-order valence-corrected chi connectivity index (χ2v) is 7.01. The van der Waals surface area contributed by atoms with Crippen molar-refractivity contribution < 1.29 is 22.3 Å². The molecule has 0 saturated carbocycles. The van der Waals surface area contributed by atoms with Crippen molar-refractivity contribution in [2.45, 2.75) is 24.9 Å². The number of fused-ring (bicyclic) bond motifs is 1. The Morgan fingerprint density at radius 2 is 1.86 bits per heavy atom. The van der Waals surface area contributed by atoms with Gasteiger partial charge in [-0.2, -0.15) is 18.3 Å². The Bertz CT molecular complexity index is 1140. The smallest absolute Gasteiger partial charge is 0.381 e. The molecule has 0 bridgehead atoms. The van der Waals surface area contributed by atoms with Crippen molar-refractivity contribution in [1.29, 1.82) is 0 Å². The van der Waals surface area contributed by atoms with Gasteiger partial charge in [0.2, 0.25) is 0 Å². The Kier molecular flexibility index (Phi) is 4.85. The molecule has 0 aliphatic carbocycles. The SMILES string of the molecule is Cn1ncc2c(-c3ccc(C(F)(F)F)cc3F)nc(C3CCOCC3)cc2c1=O. The number of pyridine rings is 1. The van der Waals surface area contributed by atoms with Crippen LogP contribution in [0.1, 0.15) is 30.0 Å². The van der Waals surface area contributed by atoms with Crippen LogP contribution in [0.3, 0.4) is 0 Å². The standard InChI is InChI=1S/C20H17F4N3O2/c1-27-19(28)14-9-17(11-4-6-29-7-5-11)26-18(15(14)10-25-27)13-3-2-12(8-16(13)21)20(22,23)24/h2-3,8-11H,4-7H2,1H3. The molecule has 152 valence electrons. The van der Waals surface area contributed by atoms with Crippen molar-refractivity contribution in [2.24, 2.45) is 7.05 Å². The first-order valence-electron chi connectivity index (χ1n) is 9.07. The lowest BCUT2D eigenvalue weighted by Gasteiger charge is -2.22. The minimum atomic E-state index is -4.66. The summed E-state index contributed by atoms with van der Waals surface area (Å²) < 4.78 is 59.9. The summed E-state index contributed by atoms with van der Waals surface area (Å²) in [4.78, 5) is 17.2. The number of alkyl halides is 3. The van der Waals surface area contributed by atoms with Gasteiger partial charge in [0.05, 0.1) is 22.8 Å². The Hall–Kier alpha value is -2.81. The predicted molar refractivity (Wildman–Crippen MR) is 98.0 cm³/mol. The fraction of sp³-hybridized carbons (Fsp3) is 0.350. The number of hydrogen-bond donors (Lipinski definition) is 0. The number of rotatable bonds is 2. The number of nitrogens with zero attached hydrogens (tertiary/aromatic N) is 3. The molecule has 0 unspecified atom stereocenters. The van der Waals surface area contributed by atoms with Gasteiger partial charge in [-0.1, -0.05) is 0 Å². The quantitative estimate of drug-likeness (QED) is 0.602. The third-order valence-corrected chi connectivity index (χ3v) is 5.15. The normalized spacial score (nSPS) is 15.8. The van der Waals surface area contributed by atoms with E-state index in [0.29, 0.717) is 48.6 Å². The van der Waals surface area contributed by atoms with Gasteiger partial charge in [0.25, 0.3) is 5.56 Å². The maximum Gasteiger partial charge on any atom is 0.416 e. The molecule has 0 radical (unpaired) electrons. The van der Waals surface area contributed by atoms with Crippen LogP contribution in [0, 0.1) is 5.82 Å². The van der Waals surface area contributed by atoms with Crippen LogP contribution in [0.15, 0.2) is 35.3 Å². The predicted octanol–water partition coefficient (Wildman–Crippen LogP) is 4.05. The fourth-order valence-corrected chi connectivity index (χ4v) is 3.54. The molecule has 1 aliphatic heterocycles. The summed E-state index contributed by atoms with van der Waals surface area (Å²) >= 11 is 0. The van der Waals surface area contributed by atoms with Crippen LogP contribution in [-0.4, -0.2) is 28.0 Å². The molecule has 3 aromatic rings. The molecule has 0 spiro atoms. The van der Waals surface area contributed by atoms with Gasteiger partial charge in [-0.15, -0.1) is 0 Å². The van der Waals surface area contributed by atoms with Crippen molar-refractivity contribution in [3.05, 3.63) is 57.9 Å². The van der Waals surface area contributed by atoms with Gasteiger partial charge in [-0.05, 0) is 37.1 Å². The Balaban J connectivity index is 1.95. The van der Waals surface area contributed by atoms with E-state index in [1.165, 1.54) is 13.2 Å². The molecule has 0 amide bonds. The van der Waals surface area contributed by atoms with Crippen molar-refractivity contribution in [1.82, 2.24) is 14.8 Å². The monoisotopic (exact) mass is 407 g/mol. The summed E-state index contributed by atoms with van der Waals surface area (Å²) in [6.07, 6.45) is -1.89. The van der Waals surface area contributed by atoms with E-state index in [4.69, 9.17) is 4.74 Å². The van der Waals surface area contributed by atoms with Gasteiger partial charge in [-0.3, -0.25) is 9.78 Å². The van der Waals surface area contributed by atoms with E-state index >= 15 is 0 Å². The second-order valence-electron chi connectivity index (χ2n) is 7.01. The van der Waals surface area contributed by atoms with E-state index in [1.807, 2.05) is 0 Å². The molecule has 29 heavy (non-hydrogen) atoms. The highest BCUT2D eigenvalue weighted by Crippen LogP contribution is 2.35. The number of hydrogen-bond acceptors (Lipinski definition) is 4. The zero-order valence-electron chi connectivity index (χ0n) is 15.5. The number of ether oxygens (including phenoxy) is 1. The summed E-state index contributed by atoms with van der Waals surface area (Å²) in [6, 6.07) is 3.96. The van der Waals surface area contributed by atoms with Crippen LogP contribution in [0.4, 0.5) is 17.6 Å². The molecule has 4 rings (SSSR count). The van der Waals surface area contributed by atoms with Crippen LogP contribution in [0.25, 0.3) is 22.0 Å². The van der Waals surface area contributed by atoms with Gasteiger partial charge in [-0.25, -0.2) is 9.07 Å². The number of benzene rings is 1. The van der Waals surface area contributed by atoms with Crippen LogP contribution in [0.2, 0.25) is 0 Å².